The first-order valence-corrected chi connectivity index (χ1v) is 9.34. The summed E-state index contributed by atoms with van der Waals surface area (Å²) in [7, 11) is -3.34. The third kappa shape index (κ3) is 3.57. The summed E-state index contributed by atoms with van der Waals surface area (Å²) in [6, 6.07) is 3.49. The van der Waals surface area contributed by atoms with Crippen LogP contribution in [0.25, 0.3) is 0 Å². The molecule has 0 radical (unpaired) electrons. The lowest BCUT2D eigenvalue weighted by molar-refractivity contribution is -0.129. The quantitative estimate of drug-likeness (QED) is 0.783. The molecule has 1 amide bonds. The summed E-state index contributed by atoms with van der Waals surface area (Å²) in [4.78, 5) is 17.1. The van der Waals surface area contributed by atoms with Gasteiger partial charge in [0.1, 0.15) is 11.3 Å². The molecule has 3 heterocycles. The Morgan fingerprint density at radius 3 is 2.83 bits per heavy atom. The van der Waals surface area contributed by atoms with Gasteiger partial charge in [-0.15, -0.1) is 0 Å². The molecule has 2 aliphatic rings. The van der Waals surface area contributed by atoms with Gasteiger partial charge < -0.3 is 19.4 Å². The summed E-state index contributed by atoms with van der Waals surface area (Å²) in [6.07, 6.45) is 2.88. The van der Waals surface area contributed by atoms with Crippen LogP contribution in [0.3, 0.4) is 0 Å². The second-order valence-electron chi connectivity index (χ2n) is 5.99. The zero-order valence-electron chi connectivity index (χ0n) is 13.0. The maximum atomic E-state index is 12.5. The van der Waals surface area contributed by atoms with Gasteiger partial charge in [0.05, 0.1) is 32.6 Å². The molecule has 9 heteroatoms. The lowest BCUT2D eigenvalue weighted by Crippen LogP contribution is -2.60. The van der Waals surface area contributed by atoms with Crippen molar-refractivity contribution in [3.63, 3.8) is 0 Å². The number of nitrogens with one attached hydrogen (secondary N) is 1. The van der Waals surface area contributed by atoms with Crippen LogP contribution >= 0.6 is 0 Å². The molecule has 2 fully saturated rings. The third-order valence-electron chi connectivity index (χ3n) is 4.15. The van der Waals surface area contributed by atoms with Crippen molar-refractivity contribution in [2.75, 3.05) is 52.3 Å². The minimum absolute atomic E-state index is 0.118. The van der Waals surface area contributed by atoms with E-state index in [9.17, 15) is 13.2 Å². The average Bonchev–Trinajstić information content (AvgIpc) is 2.95. The maximum Gasteiger partial charge on any atom is 0.270 e. The smallest absolute Gasteiger partial charge is 0.270 e. The Morgan fingerprint density at radius 1 is 1.30 bits per heavy atom. The first kappa shape index (κ1) is 16.4. The van der Waals surface area contributed by atoms with Gasteiger partial charge in [-0.25, -0.2) is 8.42 Å². The van der Waals surface area contributed by atoms with Gasteiger partial charge in [0, 0.05) is 25.8 Å². The maximum absolute atomic E-state index is 12.5. The van der Waals surface area contributed by atoms with E-state index in [1.165, 1.54) is 10.6 Å². The highest BCUT2D eigenvalue weighted by Gasteiger charge is 2.43. The van der Waals surface area contributed by atoms with E-state index < -0.39 is 15.6 Å². The van der Waals surface area contributed by atoms with Gasteiger partial charge in [0.25, 0.3) is 5.91 Å². The zero-order valence-corrected chi connectivity index (χ0v) is 13.8. The molecule has 0 saturated carbocycles. The van der Waals surface area contributed by atoms with Gasteiger partial charge in [0.15, 0.2) is 0 Å². The predicted molar refractivity (Wildman–Crippen MR) is 82.6 cm³/mol. The van der Waals surface area contributed by atoms with Gasteiger partial charge >= 0.3 is 0 Å². The van der Waals surface area contributed by atoms with Gasteiger partial charge in [-0.05, 0) is 12.1 Å². The van der Waals surface area contributed by atoms with Crippen molar-refractivity contribution in [3.05, 3.63) is 24.0 Å². The minimum atomic E-state index is -3.34. The second kappa shape index (κ2) is 6.23. The molecule has 1 atom stereocenters. The van der Waals surface area contributed by atoms with Crippen LogP contribution in [0.1, 0.15) is 10.5 Å². The second-order valence-corrected chi connectivity index (χ2v) is 7.97. The Bertz CT molecular complexity index is 660. The van der Waals surface area contributed by atoms with Crippen LogP contribution in [0, 0.1) is 0 Å². The number of carbonyl (C=O) groups excluding carboxylic acids is 1. The predicted octanol–water partition coefficient (Wildman–Crippen LogP) is -0.482. The Kier molecular flexibility index (Phi) is 4.45. The third-order valence-corrected chi connectivity index (χ3v) is 5.40. The standard InChI is InChI=1S/C14H21N3O5S/c1-23(19,20)17-6-7-21-11-14(10-17)9-16(5-8-22-14)13(18)12-3-2-4-15-12/h2-4,15H,5-11H2,1H3/t14-/m1/s1. The molecule has 0 aliphatic carbocycles. The van der Waals surface area contributed by atoms with Crippen LogP contribution in [0.15, 0.2) is 18.3 Å². The Hall–Kier alpha value is -1.42. The molecule has 1 aromatic heterocycles. The molecule has 1 N–H and O–H groups in total. The van der Waals surface area contributed by atoms with Crippen molar-refractivity contribution < 1.29 is 22.7 Å². The molecule has 1 aromatic rings. The van der Waals surface area contributed by atoms with Crippen molar-refractivity contribution in [2.45, 2.75) is 5.60 Å². The van der Waals surface area contributed by atoms with E-state index >= 15 is 0 Å². The van der Waals surface area contributed by atoms with E-state index in [1.807, 2.05) is 0 Å². The molecule has 2 aliphatic heterocycles. The lowest BCUT2D eigenvalue weighted by atomic mass is 10.0. The highest BCUT2D eigenvalue weighted by Crippen LogP contribution is 2.24. The van der Waals surface area contributed by atoms with E-state index in [-0.39, 0.29) is 19.1 Å². The first-order valence-electron chi connectivity index (χ1n) is 7.49. The van der Waals surface area contributed by atoms with E-state index in [2.05, 4.69) is 4.98 Å². The summed E-state index contributed by atoms with van der Waals surface area (Å²) in [5.41, 5.74) is -0.309. The minimum Gasteiger partial charge on any atom is -0.377 e. The summed E-state index contributed by atoms with van der Waals surface area (Å²) in [5, 5.41) is 0. The van der Waals surface area contributed by atoms with E-state index in [0.717, 1.165) is 0 Å². The number of morpholine rings is 1. The zero-order chi connectivity index (χ0) is 16.5. The SMILES string of the molecule is CS(=O)(=O)N1CCOC[C@@]2(CN(C(=O)c3ccc[nH]3)CCO2)C1. The Labute approximate surface area is 135 Å². The largest absolute Gasteiger partial charge is 0.377 e. The summed E-state index contributed by atoms with van der Waals surface area (Å²) >= 11 is 0. The van der Waals surface area contributed by atoms with Crippen molar-refractivity contribution in [3.8, 4) is 0 Å². The van der Waals surface area contributed by atoms with E-state index in [4.69, 9.17) is 9.47 Å². The van der Waals surface area contributed by atoms with Crippen LogP contribution in [0.4, 0.5) is 0 Å². The van der Waals surface area contributed by atoms with E-state index in [1.54, 1.807) is 23.2 Å². The van der Waals surface area contributed by atoms with Crippen molar-refractivity contribution in [1.82, 2.24) is 14.2 Å². The fourth-order valence-corrected chi connectivity index (χ4v) is 3.86. The van der Waals surface area contributed by atoms with Crippen LogP contribution in [-0.4, -0.2) is 86.4 Å². The number of carbonyl (C=O) groups is 1. The van der Waals surface area contributed by atoms with Crippen LogP contribution in [0.2, 0.25) is 0 Å². The summed E-state index contributed by atoms with van der Waals surface area (Å²) in [6.45, 7) is 2.22. The number of nitrogens with zero attached hydrogens (tertiary/aromatic N) is 2. The molecule has 23 heavy (non-hydrogen) atoms. The van der Waals surface area contributed by atoms with Crippen molar-refractivity contribution >= 4 is 15.9 Å². The number of hydrogen-bond donors (Lipinski definition) is 1. The van der Waals surface area contributed by atoms with Crippen LogP contribution in [0.5, 0.6) is 0 Å². The van der Waals surface area contributed by atoms with Crippen molar-refractivity contribution in [1.29, 1.82) is 0 Å². The molecule has 0 unspecified atom stereocenters. The Morgan fingerprint density at radius 2 is 2.13 bits per heavy atom. The molecule has 0 bridgehead atoms. The number of rotatable bonds is 2. The normalized spacial score (nSPS) is 27.1. The van der Waals surface area contributed by atoms with E-state index in [0.29, 0.717) is 38.5 Å². The van der Waals surface area contributed by atoms with Crippen LogP contribution in [-0.2, 0) is 19.5 Å². The Balaban J connectivity index is 1.79. The molecular formula is C14H21N3O5S. The molecular weight excluding hydrogens is 322 g/mol. The summed E-state index contributed by atoms with van der Waals surface area (Å²) in [5.74, 6) is -0.118. The van der Waals surface area contributed by atoms with Crippen molar-refractivity contribution in [2.24, 2.45) is 0 Å². The number of hydrogen-bond acceptors (Lipinski definition) is 5. The number of ether oxygens (including phenoxy) is 2. The molecule has 3 rings (SSSR count). The molecule has 1 spiro atoms. The number of aromatic nitrogens is 1. The number of amides is 1. The summed E-state index contributed by atoms with van der Waals surface area (Å²) < 4.78 is 36.6. The average molecular weight is 343 g/mol. The van der Waals surface area contributed by atoms with Crippen LogP contribution < -0.4 is 0 Å². The van der Waals surface area contributed by atoms with Gasteiger partial charge in [-0.2, -0.15) is 4.31 Å². The topological polar surface area (TPSA) is 91.9 Å². The molecule has 8 nitrogen and oxygen atoms in total. The molecule has 2 saturated heterocycles. The number of H-pyrrole nitrogens is 1. The van der Waals surface area contributed by atoms with Gasteiger partial charge in [-0.3, -0.25) is 4.79 Å². The first-order chi connectivity index (χ1) is 10.9. The number of aromatic amines is 1. The fraction of sp³-hybridized carbons (Fsp3) is 0.643. The molecule has 0 aromatic carbocycles. The molecule has 128 valence electrons. The number of sulfonamides is 1. The van der Waals surface area contributed by atoms with Gasteiger partial charge in [0.2, 0.25) is 10.0 Å². The lowest BCUT2D eigenvalue weighted by Gasteiger charge is -2.42. The highest BCUT2D eigenvalue weighted by atomic mass is 32.2. The van der Waals surface area contributed by atoms with Gasteiger partial charge in [-0.1, -0.05) is 0 Å². The monoisotopic (exact) mass is 343 g/mol. The highest BCUT2D eigenvalue weighted by molar-refractivity contribution is 7.88. The fourth-order valence-electron chi connectivity index (χ4n) is 2.99.